The molecule has 0 radical (unpaired) electrons. The van der Waals surface area contributed by atoms with E-state index in [1.165, 1.54) is 38.6 Å². The highest BCUT2D eigenvalue weighted by Gasteiger charge is 2.30. The van der Waals surface area contributed by atoms with Gasteiger partial charge in [0.15, 0.2) is 0 Å². The summed E-state index contributed by atoms with van der Waals surface area (Å²) in [4.78, 5) is 15.2. The molecule has 1 saturated heterocycles. The first-order chi connectivity index (χ1) is 13.2. The van der Waals surface area contributed by atoms with Crippen LogP contribution in [0.15, 0.2) is 30.3 Å². The summed E-state index contributed by atoms with van der Waals surface area (Å²) in [6, 6.07) is 10.4. The average molecular weight is 373 g/mol. The number of hydrogen-bond acceptors (Lipinski definition) is 3. The van der Waals surface area contributed by atoms with Gasteiger partial charge in [0, 0.05) is 25.7 Å². The Morgan fingerprint density at radius 1 is 1.15 bits per heavy atom. The minimum atomic E-state index is 0.172. The lowest BCUT2D eigenvalue weighted by Gasteiger charge is -2.39. The molecule has 0 unspecified atom stereocenters. The van der Waals surface area contributed by atoms with Gasteiger partial charge in [0.25, 0.3) is 0 Å². The maximum atomic E-state index is 12.5. The van der Waals surface area contributed by atoms with E-state index in [2.05, 4.69) is 17.1 Å². The number of nitrogens with one attached hydrogen (secondary N) is 1. The molecule has 1 heterocycles. The van der Waals surface area contributed by atoms with Crippen LogP contribution in [0.25, 0.3) is 0 Å². The fourth-order valence-electron chi connectivity index (χ4n) is 4.72. The van der Waals surface area contributed by atoms with Gasteiger partial charge in [0.1, 0.15) is 0 Å². The molecule has 3 rings (SSSR count). The molecule has 150 valence electrons. The van der Waals surface area contributed by atoms with Crippen LogP contribution in [0.3, 0.4) is 0 Å². The number of rotatable bonds is 8. The van der Waals surface area contributed by atoms with E-state index in [4.69, 9.17) is 4.74 Å². The summed E-state index contributed by atoms with van der Waals surface area (Å²) in [7, 11) is 0. The van der Waals surface area contributed by atoms with Crippen LogP contribution in [0.2, 0.25) is 0 Å². The highest BCUT2D eigenvalue weighted by Crippen LogP contribution is 2.27. The van der Waals surface area contributed by atoms with E-state index < -0.39 is 0 Å². The zero-order valence-electron chi connectivity index (χ0n) is 16.9. The second-order valence-corrected chi connectivity index (χ2v) is 8.31. The normalized spacial score (nSPS) is 26.6. The summed E-state index contributed by atoms with van der Waals surface area (Å²) in [6.07, 6.45) is 7.95. The van der Waals surface area contributed by atoms with E-state index in [0.717, 1.165) is 38.3 Å². The van der Waals surface area contributed by atoms with Gasteiger partial charge in [0.2, 0.25) is 5.91 Å². The third-order valence-corrected chi connectivity index (χ3v) is 6.12. The van der Waals surface area contributed by atoms with E-state index in [1.807, 2.05) is 30.3 Å². The largest absolute Gasteiger partial charge is 0.381 e. The van der Waals surface area contributed by atoms with Crippen molar-refractivity contribution in [3.63, 3.8) is 0 Å². The molecule has 1 N–H and O–H groups in total. The van der Waals surface area contributed by atoms with Gasteiger partial charge in [-0.1, -0.05) is 43.2 Å². The quantitative estimate of drug-likeness (QED) is 0.757. The Bertz CT molecular complexity index is 563. The number of carbonyl (C=O) groups excluding carboxylic acids is 1. The average Bonchev–Trinajstić information content (AvgIpc) is 2.69. The number of hydrogen-bond donors (Lipinski definition) is 1. The number of benzene rings is 1. The fraction of sp³-hybridized carbons (Fsp3) is 0.696. The number of likely N-dealkylation sites (tertiary alicyclic amines) is 1. The van der Waals surface area contributed by atoms with Crippen LogP contribution in [-0.4, -0.2) is 49.7 Å². The van der Waals surface area contributed by atoms with Crippen molar-refractivity contribution in [2.24, 2.45) is 11.8 Å². The molecule has 27 heavy (non-hydrogen) atoms. The first-order valence-electron chi connectivity index (χ1n) is 10.9. The van der Waals surface area contributed by atoms with Crippen LogP contribution >= 0.6 is 0 Å². The maximum Gasteiger partial charge on any atom is 0.224 e. The predicted molar refractivity (Wildman–Crippen MR) is 110 cm³/mol. The summed E-state index contributed by atoms with van der Waals surface area (Å²) in [5, 5.41) is 3.36. The van der Waals surface area contributed by atoms with Gasteiger partial charge in [-0.3, -0.25) is 4.79 Å². The summed E-state index contributed by atoms with van der Waals surface area (Å²) < 4.78 is 5.66. The number of amides is 1. The van der Waals surface area contributed by atoms with Crippen molar-refractivity contribution < 1.29 is 9.53 Å². The number of ether oxygens (including phenoxy) is 1. The van der Waals surface area contributed by atoms with Crippen molar-refractivity contribution >= 4 is 5.91 Å². The van der Waals surface area contributed by atoms with Gasteiger partial charge in [-0.15, -0.1) is 0 Å². The number of carbonyl (C=O) groups is 1. The molecule has 1 aromatic rings. The first-order valence-corrected chi connectivity index (χ1v) is 10.9. The molecule has 4 nitrogen and oxygen atoms in total. The van der Waals surface area contributed by atoms with E-state index >= 15 is 0 Å². The summed E-state index contributed by atoms with van der Waals surface area (Å²) in [5.41, 5.74) is 1.09. The van der Waals surface area contributed by atoms with Gasteiger partial charge in [-0.2, -0.15) is 0 Å². The Balaban J connectivity index is 1.50. The Kier molecular flexibility index (Phi) is 8.15. The van der Waals surface area contributed by atoms with E-state index in [1.54, 1.807) is 0 Å². The third kappa shape index (κ3) is 6.62. The van der Waals surface area contributed by atoms with Crippen molar-refractivity contribution in [2.45, 2.75) is 57.9 Å². The lowest BCUT2D eigenvalue weighted by molar-refractivity contribution is -0.121. The van der Waals surface area contributed by atoms with Crippen molar-refractivity contribution in [3.8, 4) is 0 Å². The Morgan fingerprint density at radius 2 is 1.96 bits per heavy atom. The SMILES string of the molecule is CCOC[C@@H]1CCCN(C[C@H]2CCCC[C@@H]2NC(=O)Cc2ccccc2)C1. The molecule has 1 aromatic carbocycles. The molecule has 1 amide bonds. The van der Waals surface area contributed by atoms with Crippen molar-refractivity contribution in [3.05, 3.63) is 35.9 Å². The van der Waals surface area contributed by atoms with Crippen LogP contribution < -0.4 is 5.32 Å². The highest BCUT2D eigenvalue weighted by molar-refractivity contribution is 5.78. The second-order valence-electron chi connectivity index (χ2n) is 8.31. The summed E-state index contributed by atoms with van der Waals surface area (Å²) in [6.45, 7) is 7.26. The monoisotopic (exact) mass is 372 g/mol. The Morgan fingerprint density at radius 3 is 2.78 bits per heavy atom. The molecule has 1 aliphatic heterocycles. The van der Waals surface area contributed by atoms with Gasteiger partial charge in [-0.25, -0.2) is 0 Å². The second kappa shape index (κ2) is 10.8. The lowest BCUT2D eigenvalue weighted by atomic mass is 9.83. The van der Waals surface area contributed by atoms with E-state index in [0.29, 0.717) is 24.3 Å². The third-order valence-electron chi connectivity index (χ3n) is 6.12. The zero-order chi connectivity index (χ0) is 18.9. The first kappa shape index (κ1) is 20.3. The molecule has 1 saturated carbocycles. The molecule has 2 aliphatic rings. The van der Waals surface area contributed by atoms with Gasteiger partial charge in [0.05, 0.1) is 13.0 Å². The van der Waals surface area contributed by atoms with Crippen LogP contribution in [0.4, 0.5) is 0 Å². The van der Waals surface area contributed by atoms with Crippen LogP contribution in [0.1, 0.15) is 51.0 Å². The Hall–Kier alpha value is -1.39. The summed E-state index contributed by atoms with van der Waals surface area (Å²) in [5.74, 6) is 1.43. The van der Waals surface area contributed by atoms with Crippen LogP contribution in [0.5, 0.6) is 0 Å². The van der Waals surface area contributed by atoms with Crippen molar-refractivity contribution in [1.29, 1.82) is 0 Å². The fourth-order valence-corrected chi connectivity index (χ4v) is 4.72. The van der Waals surface area contributed by atoms with Crippen molar-refractivity contribution in [1.82, 2.24) is 10.2 Å². The molecule has 0 spiro atoms. The van der Waals surface area contributed by atoms with Gasteiger partial charge >= 0.3 is 0 Å². The smallest absolute Gasteiger partial charge is 0.224 e. The summed E-state index contributed by atoms with van der Waals surface area (Å²) >= 11 is 0. The molecular formula is C23H36N2O2. The topological polar surface area (TPSA) is 41.6 Å². The molecule has 0 aromatic heterocycles. The molecule has 2 fully saturated rings. The minimum Gasteiger partial charge on any atom is -0.381 e. The number of piperidine rings is 1. The van der Waals surface area contributed by atoms with Crippen LogP contribution in [0, 0.1) is 11.8 Å². The Labute approximate surface area is 164 Å². The maximum absolute atomic E-state index is 12.5. The molecule has 4 heteroatoms. The van der Waals surface area contributed by atoms with E-state index in [9.17, 15) is 4.79 Å². The predicted octanol–water partition coefficient (Wildman–Crippen LogP) is 3.65. The highest BCUT2D eigenvalue weighted by atomic mass is 16.5. The minimum absolute atomic E-state index is 0.172. The molecule has 1 aliphatic carbocycles. The molecule has 3 atom stereocenters. The van der Waals surface area contributed by atoms with E-state index in [-0.39, 0.29) is 5.91 Å². The standard InChI is InChI=1S/C23H36N2O2/c1-2-27-18-20-11-8-14-25(16-20)17-21-12-6-7-13-22(21)24-23(26)15-19-9-4-3-5-10-19/h3-5,9-10,20-22H,2,6-8,11-18H2,1H3,(H,24,26)/t20-,21-,22+/m1/s1. The molecular weight excluding hydrogens is 336 g/mol. The lowest BCUT2D eigenvalue weighted by Crippen LogP contribution is -2.48. The number of nitrogens with zero attached hydrogens (tertiary/aromatic N) is 1. The van der Waals surface area contributed by atoms with Crippen molar-refractivity contribution in [2.75, 3.05) is 32.8 Å². The van der Waals surface area contributed by atoms with Crippen LogP contribution in [-0.2, 0) is 16.0 Å². The zero-order valence-corrected chi connectivity index (χ0v) is 16.9. The van der Waals surface area contributed by atoms with Gasteiger partial charge in [-0.05, 0) is 56.6 Å². The molecule has 0 bridgehead atoms. The van der Waals surface area contributed by atoms with Gasteiger partial charge < -0.3 is 15.0 Å².